The van der Waals surface area contributed by atoms with Crippen molar-refractivity contribution < 1.29 is 19.4 Å². The van der Waals surface area contributed by atoms with Crippen LogP contribution in [0.2, 0.25) is 0 Å². The van der Waals surface area contributed by atoms with Crippen molar-refractivity contribution in [1.29, 1.82) is 0 Å². The molecule has 0 bridgehead atoms. The predicted molar refractivity (Wildman–Crippen MR) is 96.8 cm³/mol. The Morgan fingerprint density at radius 1 is 1.15 bits per heavy atom. The number of benzene rings is 2. The van der Waals surface area contributed by atoms with Crippen molar-refractivity contribution in [2.75, 3.05) is 19.5 Å². The minimum Gasteiger partial charge on any atom is -0.493 e. The molecule has 0 spiro atoms. The van der Waals surface area contributed by atoms with E-state index < -0.39 is 5.97 Å². The second kappa shape index (κ2) is 6.11. The molecule has 132 valence electrons. The zero-order valence-corrected chi connectivity index (χ0v) is 14.3. The lowest BCUT2D eigenvalue weighted by Crippen LogP contribution is -2.23. The summed E-state index contributed by atoms with van der Waals surface area (Å²) in [7, 11) is 3.15. The summed E-state index contributed by atoms with van der Waals surface area (Å²) in [5.74, 6) is 0.655. The summed E-state index contributed by atoms with van der Waals surface area (Å²) in [5.41, 5.74) is 2.66. The summed E-state index contributed by atoms with van der Waals surface area (Å²) >= 11 is 0. The molecule has 2 heterocycles. The van der Waals surface area contributed by atoms with E-state index in [0.29, 0.717) is 17.4 Å². The zero-order valence-electron chi connectivity index (χ0n) is 14.3. The summed E-state index contributed by atoms with van der Waals surface area (Å²) in [5, 5.41) is 12.4. The Labute approximate surface area is 149 Å². The molecule has 1 aromatic heterocycles. The van der Waals surface area contributed by atoms with Crippen LogP contribution in [0.15, 0.2) is 54.2 Å². The molecule has 7 nitrogen and oxygen atoms in total. The number of anilines is 1. The number of ether oxygens (including phenoxy) is 2. The van der Waals surface area contributed by atoms with Gasteiger partial charge in [-0.1, -0.05) is 18.2 Å². The number of carboxylic acid groups (broad SMARTS) is 1. The van der Waals surface area contributed by atoms with E-state index in [1.807, 2.05) is 47.0 Å². The van der Waals surface area contributed by atoms with Crippen LogP contribution in [0.3, 0.4) is 0 Å². The number of carboxylic acids is 1. The second-order valence-electron chi connectivity index (χ2n) is 5.86. The Kier molecular flexibility index (Phi) is 3.76. The lowest BCUT2D eigenvalue weighted by atomic mass is 10.0. The summed E-state index contributed by atoms with van der Waals surface area (Å²) < 4.78 is 12.7. The maximum absolute atomic E-state index is 11.6. The first-order chi connectivity index (χ1) is 12.6. The van der Waals surface area contributed by atoms with Crippen LogP contribution in [-0.4, -0.2) is 34.8 Å². The highest BCUT2D eigenvalue weighted by Gasteiger charge is 2.27. The van der Waals surface area contributed by atoms with Crippen molar-refractivity contribution in [3.8, 4) is 11.5 Å². The molecule has 0 amide bonds. The van der Waals surface area contributed by atoms with Gasteiger partial charge in [0.25, 0.3) is 0 Å². The lowest BCUT2D eigenvalue weighted by molar-refractivity contribution is -0.132. The van der Waals surface area contributed by atoms with E-state index in [0.717, 1.165) is 16.6 Å². The van der Waals surface area contributed by atoms with Crippen LogP contribution >= 0.6 is 0 Å². The molecule has 4 rings (SSSR count). The number of nitrogens with zero attached hydrogens (tertiary/aromatic N) is 2. The van der Waals surface area contributed by atoms with Gasteiger partial charge in [0.15, 0.2) is 11.5 Å². The molecule has 0 fully saturated rings. The van der Waals surface area contributed by atoms with Crippen molar-refractivity contribution in [3.05, 3.63) is 59.8 Å². The van der Waals surface area contributed by atoms with Crippen molar-refractivity contribution in [2.24, 2.45) is 0 Å². The molecular weight excluding hydrogens is 334 g/mol. The normalized spacial score (nSPS) is 15.8. The van der Waals surface area contributed by atoms with Crippen molar-refractivity contribution in [3.63, 3.8) is 0 Å². The van der Waals surface area contributed by atoms with Crippen LogP contribution in [0.1, 0.15) is 11.6 Å². The number of hydrogen-bond acceptors (Lipinski definition) is 5. The first-order valence-electron chi connectivity index (χ1n) is 8.03. The van der Waals surface area contributed by atoms with Gasteiger partial charge in [-0.05, 0) is 35.9 Å². The Bertz CT molecular complexity index is 1040. The SMILES string of the molecule is COc1ccc([C@H]2C=C(C(=O)O)Nc3nc4ccccc4n32)cc1OC. The molecule has 1 atom stereocenters. The van der Waals surface area contributed by atoms with Gasteiger partial charge < -0.3 is 19.9 Å². The largest absolute Gasteiger partial charge is 0.493 e. The minimum absolute atomic E-state index is 0.0904. The lowest BCUT2D eigenvalue weighted by Gasteiger charge is -2.25. The molecule has 0 aliphatic carbocycles. The van der Waals surface area contributed by atoms with E-state index >= 15 is 0 Å². The summed E-state index contributed by atoms with van der Waals surface area (Å²) in [4.78, 5) is 16.1. The third kappa shape index (κ3) is 2.45. The van der Waals surface area contributed by atoms with Gasteiger partial charge in [-0.3, -0.25) is 4.57 Å². The summed E-state index contributed by atoms with van der Waals surface area (Å²) in [6.07, 6.45) is 1.67. The average Bonchev–Trinajstić information content (AvgIpc) is 3.05. The van der Waals surface area contributed by atoms with Gasteiger partial charge in [0, 0.05) is 0 Å². The van der Waals surface area contributed by atoms with Crippen molar-refractivity contribution >= 4 is 23.0 Å². The van der Waals surface area contributed by atoms with Crippen LogP contribution in [0.25, 0.3) is 11.0 Å². The highest BCUT2D eigenvalue weighted by Crippen LogP contribution is 2.37. The zero-order chi connectivity index (χ0) is 18.3. The Morgan fingerprint density at radius 2 is 1.92 bits per heavy atom. The number of methoxy groups -OCH3 is 2. The number of aromatic nitrogens is 2. The van der Waals surface area contributed by atoms with E-state index in [4.69, 9.17) is 9.47 Å². The molecule has 0 saturated carbocycles. The highest BCUT2D eigenvalue weighted by molar-refractivity contribution is 5.92. The van der Waals surface area contributed by atoms with Gasteiger partial charge in [0.05, 0.1) is 31.3 Å². The summed E-state index contributed by atoms with van der Waals surface area (Å²) in [6, 6.07) is 12.9. The Morgan fingerprint density at radius 3 is 2.65 bits per heavy atom. The highest BCUT2D eigenvalue weighted by atomic mass is 16.5. The van der Waals surface area contributed by atoms with Gasteiger partial charge in [-0.2, -0.15) is 0 Å². The standard InChI is InChI=1S/C19H17N3O4/c1-25-16-8-7-11(9-17(16)26-2)15-10-13(18(23)24)21-19-20-12-5-3-4-6-14(12)22(15)19/h3-10,15H,1-2H3,(H,20,21)(H,23,24)/t15-/m1/s1. The number of nitrogens with one attached hydrogen (secondary N) is 1. The van der Waals surface area contributed by atoms with Gasteiger partial charge in [-0.25, -0.2) is 9.78 Å². The van der Waals surface area contributed by atoms with Crippen LogP contribution in [0.5, 0.6) is 11.5 Å². The van der Waals surface area contributed by atoms with Crippen LogP contribution in [0.4, 0.5) is 5.95 Å². The van der Waals surface area contributed by atoms with Gasteiger partial charge in [-0.15, -0.1) is 0 Å². The number of allylic oxidation sites excluding steroid dienone is 1. The third-order valence-electron chi connectivity index (χ3n) is 4.42. The fourth-order valence-electron chi connectivity index (χ4n) is 3.22. The number of fused-ring (bicyclic) bond motifs is 3. The molecule has 1 aliphatic heterocycles. The maximum Gasteiger partial charge on any atom is 0.352 e. The van der Waals surface area contributed by atoms with E-state index in [-0.39, 0.29) is 11.7 Å². The van der Waals surface area contributed by atoms with Crippen molar-refractivity contribution in [2.45, 2.75) is 6.04 Å². The van der Waals surface area contributed by atoms with E-state index in [2.05, 4.69) is 10.3 Å². The van der Waals surface area contributed by atoms with Crippen LogP contribution < -0.4 is 14.8 Å². The molecular formula is C19H17N3O4. The molecule has 26 heavy (non-hydrogen) atoms. The molecule has 0 radical (unpaired) electrons. The fourth-order valence-corrected chi connectivity index (χ4v) is 3.22. The number of para-hydroxylation sites is 2. The number of hydrogen-bond donors (Lipinski definition) is 2. The first-order valence-corrected chi connectivity index (χ1v) is 8.03. The van der Waals surface area contributed by atoms with E-state index in [1.165, 1.54) is 0 Å². The smallest absolute Gasteiger partial charge is 0.352 e. The molecule has 2 aromatic carbocycles. The van der Waals surface area contributed by atoms with Gasteiger partial charge in [0.2, 0.25) is 5.95 Å². The number of carbonyl (C=O) groups is 1. The molecule has 0 saturated heterocycles. The molecule has 1 aliphatic rings. The fraction of sp³-hybridized carbons (Fsp3) is 0.158. The number of rotatable bonds is 4. The van der Waals surface area contributed by atoms with Gasteiger partial charge in [0.1, 0.15) is 5.70 Å². The van der Waals surface area contributed by atoms with Gasteiger partial charge >= 0.3 is 5.97 Å². The van der Waals surface area contributed by atoms with Crippen molar-refractivity contribution in [1.82, 2.24) is 9.55 Å². The second-order valence-corrected chi connectivity index (χ2v) is 5.86. The average molecular weight is 351 g/mol. The molecule has 2 N–H and O–H groups in total. The van der Waals surface area contributed by atoms with E-state index in [1.54, 1.807) is 20.3 Å². The van der Waals surface area contributed by atoms with Crippen LogP contribution in [-0.2, 0) is 4.79 Å². The number of imidazole rings is 1. The van der Waals surface area contributed by atoms with Crippen LogP contribution in [0, 0.1) is 0 Å². The topological polar surface area (TPSA) is 85.6 Å². The molecule has 0 unspecified atom stereocenters. The number of aliphatic carboxylic acids is 1. The monoisotopic (exact) mass is 351 g/mol. The first kappa shape index (κ1) is 16.0. The van der Waals surface area contributed by atoms with E-state index in [9.17, 15) is 9.90 Å². The predicted octanol–water partition coefficient (Wildman–Crippen LogP) is 3.04. The quantitative estimate of drug-likeness (QED) is 0.751. The third-order valence-corrected chi connectivity index (χ3v) is 4.42. The molecule has 3 aromatic rings. The minimum atomic E-state index is -1.03. The summed E-state index contributed by atoms with van der Waals surface area (Å²) in [6.45, 7) is 0. The molecule has 7 heteroatoms. The Hall–Kier alpha value is -3.48. The maximum atomic E-state index is 11.6. The Balaban J connectivity index is 1.93.